The van der Waals surface area contributed by atoms with Gasteiger partial charge in [-0.3, -0.25) is 0 Å². The summed E-state index contributed by atoms with van der Waals surface area (Å²) in [6.45, 7) is -0.0108. The maximum Gasteiger partial charge on any atom is 0.339 e. The van der Waals surface area contributed by atoms with E-state index in [2.05, 4.69) is 0 Å². The molecule has 8 heteroatoms. The van der Waals surface area contributed by atoms with Gasteiger partial charge in [0, 0.05) is 5.56 Å². The Kier molecular flexibility index (Phi) is 5.67. The minimum atomic E-state index is -3.65. The Morgan fingerprint density at radius 1 is 1.47 bits per heavy atom. The van der Waals surface area contributed by atoms with Crippen LogP contribution in [-0.4, -0.2) is 33.8 Å². The molecule has 1 aromatic carbocycles. The smallest absolute Gasteiger partial charge is 0.339 e. The van der Waals surface area contributed by atoms with Gasteiger partial charge in [-0.25, -0.2) is 13.6 Å². The molecule has 5 nitrogen and oxygen atoms in total. The minimum absolute atomic E-state index is 0. The summed E-state index contributed by atoms with van der Waals surface area (Å²) in [4.78, 5) is 10.8. The number of benzene rings is 1. The van der Waals surface area contributed by atoms with Gasteiger partial charge in [-0.05, 0) is 18.6 Å². The Morgan fingerprint density at radius 3 is 2.42 bits per heavy atom. The number of nitrogens with two attached hydrogens (primary N) is 1. The average Bonchev–Trinajstić information content (AvgIpc) is 2.30. The van der Waals surface area contributed by atoms with E-state index < -0.39 is 41.4 Å². The Bertz CT molecular complexity index is 482. The number of rotatable bonds is 4. The van der Waals surface area contributed by atoms with Crippen molar-refractivity contribution < 1.29 is 28.9 Å². The van der Waals surface area contributed by atoms with Crippen LogP contribution in [0.1, 0.15) is 27.5 Å². The number of hydrogen-bond acceptors (Lipinski definition) is 4. The first-order valence-corrected chi connectivity index (χ1v) is 5.01. The van der Waals surface area contributed by atoms with E-state index >= 15 is 0 Å². The summed E-state index contributed by atoms with van der Waals surface area (Å²) in [5.41, 5.74) is 4.71. The van der Waals surface area contributed by atoms with Crippen LogP contribution in [0.25, 0.3) is 0 Å². The van der Waals surface area contributed by atoms with E-state index in [4.69, 9.17) is 15.9 Å². The molecule has 0 aliphatic carbocycles. The average molecular weight is 298 g/mol. The molecule has 5 N–H and O–H groups in total. The van der Waals surface area contributed by atoms with E-state index in [1.54, 1.807) is 0 Å². The number of alkyl halides is 2. The van der Waals surface area contributed by atoms with Crippen LogP contribution in [0.3, 0.4) is 0 Å². The lowest BCUT2D eigenvalue weighted by Gasteiger charge is -2.23. The molecule has 0 saturated carbocycles. The monoisotopic (exact) mass is 297 g/mol. The predicted octanol–water partition coefficient (Wildman–Crippen LogP) is 1.45. The number of carboxylic acid groups (broad SMARTS) is 1. The minimum Gasteiger partial charge on any atom is -0.507 e. The number of aromatic hydroxyl groups is 1. The molecule has 1 rings (SSSR count). The third-order valence-corrected chi connectivity index (χ3v) is 2.52. The molecule has 19 heavy (non-hydrogen) atoms. The van der Waals surface area contributed by atoms with Crippen molar-refractivity contribution in [3.8, 4) is 5.75 Å². The van der Waals surface area contributed by atoms with Crippen LogP contribution in [0, 0.1) is 6.92 Å². The largest absolute Gasteiger partial charge is 0.507 e. The highest BCUT2D eigenvalue weighted by atomic mass is 35.5. The standard InChI is InChI=1S/C11H13F2NO4.ClH/c1-5-2-6(9(14)11(12,13)4-15)8(16)7(3-5)10(17)18;/h2-3,9,15-16H,4,14H2,1H3,(H,17,18);1H/t9-;/m0./s1. The maximum absolute atomic E-state index is 13.2. The lowest BCUT2D eigenvalue weighted by Crippen LogP contribution is -2.36. The molecule has 0 amide bonds. The zero-order valence-corrected chi connectivity index (χ0v) is 10.7. The van der Waals surface area contributed by atoms with Gasteiger partial charge in [0.15, 0.2) is 0 Å². The van der Waals surface area contributed by atoms with E-state index in [0.29, 0.717) is 5.56 Å². The highest BCUT2D eigenvalue weighted by Crippen LogP contribution is 2.36. The normalized spacial score (nSPS) is 12.7. The van der Waals surface area contributed by atoms with Crippen molar-refractivity contribution in [1.29, 1.82) is 0 Å². The summed E-state index contributed by atoms with van der Waals surface area (Å²) in [6.07, 6.45) is 0. The van der Waals surface area contributed by atoms with Crippen LogP contribution in [-0.2, 0) is 0 Å². The number of phenols is 1. The lowest BCUT2D eigenvalue weighted by molar-refractivity contribution is -0.0716. The zero-order valence-electron chi connectivity index (χ0n) is 9.93. The molecule has 0 fully saturated rings. The Morgan fingerprint density at radius 2 is 2.00 bits per heavy atom. The summed E-state index contributed by atoms with van der Waals surface area (Å²) in [5.74, 6) is -5.91. The summed E-state index contributed by atoms with van der Waals surface area (Å²) >= 11 is 0. The van der Waals surface area contributed by atoms with Crippen LogP contribution >= 0.6 is 12.4 Å². The number of aliphatic hydroxyl groups is 1. The second kappa shape index (κ2) is 6.14. The molecule has 108 valence electrons. The first-order valence-electron chi connectivity index (χ1n) is 5.01. The summed E-state index contributed by atoms with van der Waals surface area (Å²) in [5, 5.41) is 27.0. The van der Waals surface area contributed by atoms with Gasteiger partial charge < -0.3 is 21.1 Å². The Labute approximate surface area is 114 Å². The molecule has 1 aromatic rings. The SMILES string of the molecule is Cc1cc(C(=O)O)c(O)c([C@H](N)C(F)(F)CO)c1.Cl. The van der Waals surface area contributed by atoms with E-state index in [0.717, 1.165) is 12.1 Å². The lowest BCUT2D eigenvalue weighted by atomic mass is 9.96. The quantitative estimate of drug-likeness (QED) is 0.673. The van der Waals surface area contributed by atoms with Gasteiger partial charge in [-0.15, -0.1) is 12.4 Å². The molecule has 0 aliphatic rings. The van der Waals surface area contributed by atoms with Crippen molar-refractivity contribution in [3.05, 3.63) is 28.8 Å². The van der Waals surface area contributed by atoms with Crippen molar-refractivity contribution >= 4 is 18.4 Å². The van der Waals surface area contributed by atoms with Crippen LogP contribution in [0.4, 0.5) is 8.78 Å². The third kappa shape index (κ3) is 3.52. The zero-order chi connectivity index (χ0) is 14.1. The van der Waals surface area contributed by atoms with Crippen molar-refractivity contribution in [2.45, 2.75) is 18.9 Å². The van der Waals surface area contributed by atoms with Gasteiger partial charge in [0.25, 0.3) is 5.92 Å². The van der Waals surface area contributed by atoms with E-state index in [-0.39, 0.29) is 12.4 Å². The number of carboxylic acids is 1. The summed E-state index contributed by atoms with van der Waals surface area (Å²) in [6, 6.07) is 0.321. The van der Waals surface area contributed by atoms with E-state index in [1.807, 2.05) is 0 Å². The summed E-state index contributed by atoms with van der Waals surface area (Å²) < 4.78 is 26.5. The van der Waals surface area contributed by atoms with Crippen LogP contribution in [0.5, 0.6) is 5.75 Å². The first-order chi connectivity index (χ1) is 8.20. The third-order valence-electron chi connectivity index (χ3n) is 2.52. The second-order valence-corrected chi connectivity index (χ2v) is 3.95. The number of halogens is 3. The van der Waals surface area contributed by atoms with E-state index in [1.165, 1.54) is 6.92 Å². The fraction of sp³-hybridized carbons (Fsp3) is 0.364. The molecule has 0 spiro atoms. The molecule has 1 atom stereocenters. The number of carbonyl (C=O) groups is 1. The Balaban J connectivity index is 0.00000324. The topological polar surface area (TPSA) is 104 Å². The molecule has 0 bridgehead atoms. The van der Waals surface area contributed by atoms with Crippen molar-refractivity contribution in [2.75, 3.05) is 6.61 Å². The second-order valence-electron chi connectivity index (χ2n) is 3.95. The van der Waals surface area contributed by atoms with Crippen LogP contribution in [0.15, 0.2) is 12.1 Å². The van der Waals surface area contributed by atoms with Crippen molar-refractivity contribution in [2.24, 2.45) is 5.73 Å². The number of aryl methyl sites for hydroxylation is 1. The fourth-order valence-electron chi connectivity index (χ4n) is 1.53. The number of aromatic carboxylic acids is 1. The van der Waals surface area contributed by atoms with Gasteiger partial charge in [0.1, 0.15) is 24.0 Å². The van der Waals surface area contributed by atoms with E-state index in [9.17, 15) is 18.7 Å². The van der Waals surface area contributed by atoms with Gasteiger partial charge in [-0.1, -0.05) is 6.07 Å². The molecular formula is C11H14ClF2NO4. The van der Waals surface area contributed by atoms with Gasteiger partial charge in [0.05, 0.1) is 0 Å². The summed E-state index contributed by atoms with van der Waals surface area (Å²) in [7, 11) is 0. The van der Waals surface area contributed by atoms with Crippen LogP contribution in [0.2, 0.25) is 0 Å². The molecule has 0 aliphatic heterocycles. The highest BCUT2D eigenvalue weighted by Gasteiger charge is 2.39. The van der Waals surface area contributed by atoms with Crippen molar-refractivity contribution in [3.63, 3.8) is 0 Å². The highest BCUT2D eigenvalue weighted by molar-refractivity contribution is 5.91. The van der Waals surface area contributed by atoms with Crippen LogP contribution < -0.4 is 5.73 Å². The molecule has 0 aromatic heterocycles. The molecular weight excluding hydrogens is 284 g/mol. The molecule has 0 heterocycles. The molecule has 0 radical (unpaired) electrons. The van der Waals surface area contributed by atoms with Gasteiger partial charge >= 0.3 is 5.97 Å². The van der Waals surface area contributed by atoms with Gasteiger partial charge in [-0.2, -0.15) is 0 Å². The molecule has 0 saturated heterocycles. The number of aliphatic hydroxyl groups excluding tert-OH is 1. The number of hydrogen-bond donors (Lipinski definition) is 4. The van der Waals surface area contributed by atoms with Gasteiger partial charge in [0.2, 0.25) is 0 Å². The van der Waals surface area contributed by atoms with Crippen molar-refractivity contribution in [1.82, 2.24) is 0 Å². The Hall–Kier alpha value is -1.44. The molecule has 0 unspecified atom stereocenters. The fourth-order valence-corrected chi connectivity index (χ4v) is 1.53. The first kappa shape index (κ1) is 17.6. The maximum atomic E-state index is 13.2. The predicted molar refractivity (Wildman–Crippen MR) is 66.0 cm³/mol.